The Morgan fingerprint density at radius 1 is 0.818 bits per heavy atom. The van der Waals surface area contributed by atoms with Gasteiger partial charge < -0.3 is 15.3 Å². The molecule has 0 aliphatic heterocycles. The van der Waals surface area contributed by atoms with E-state index in [9.17, 15) is 15.3 Å². The number of aliphatic hydroxyl groups excluding tert-OH is 2. The average Bonchev–Trinajstić information content (AvgIpc) is 2.76. The molecule has 0 radical (unpaired) electrons. The third-order valence-electron chi connectivity index (χ3n) is 8.73. The molecule has 4 saturated carbocycles. The van der Waals surface area contributed by atoms with E-state index in [0.29, 0.717) is 24.2 Å². The van der Waals surface area contributed by atoms with Gasteiger partial charge in [0.05, 0.1) is 17.8 Å². The fourth-order valence-corrected chi connectivity index (χ4v) is 7.20. The fourth-order valence-electron chi connectivity index (χ4n) is 7.20. The van der Waals surface area contributed by atoms with Crippen LogP contribution in [0, 0.1) is 28.6 Å². The maximum atomic E-state index is 11.3. The Bertz CT molecular complexity index is 466. The van der Waals surface area contributed by atoms with Crippen molar-refractivity contribution in [2.75, 3.05) is 0 Å². The molecule has 0 saturated heterocycles. The van der Waals surface area contributed by atoms with E-state index in [-0.39, 0.29) is 23.0 Å². The van der Waals surface area contributed by atoms with E-state index in [0.717, 1.165) is 51.4 Å². The number of fused-ring (bicyclic) bond motifs is 5. The molecule has 0 aromatic heterocycles. The summed E-state index contributed by atoms with van der Waals surface area (Å²) in [6.45, 7) is 4.60. The Balaban J connectivity index is 1.67. The molecule has 4 rings (SSSR count). The fraction of sp³-hybridized carbons (Fsp3) is 1.00. The van der Waals surface area contributed by atoms with E-state index < -0.39 is 5.60 Å². The summed E-state index contributed by atoms with van der Waals surface area (Å²) in [6.07, 6.45) is 8.21. The highest BCUT2D eigenvalue weighted by Crippen LogP contribution is 2.67. The predicted molar refractivity (Wildman–Crippen MR) is 85.2 cm³/mol. The molecule has 4 aliphatic carbocycles. The Kier molecular flexibility index (Phi) is 3.30. The van der Waals surface area contributed by atoms with E-state index in [1.165, 1.54) is 0 Å². The van der Waals surface area contributed by atoms with Crippen molar-refractivity contribution in [3.63, 3.8) is 0 Å². The van der Waals surface area contributed by atoms with Crippen molar-refractivity contribution in [1.29, 1.82) is 0 Å². The van der Waals surface area contributed by atoms with E-state index in [2.05, 4.69) is 13.8 Å². The summed E-state index contributed by atoms with van der Waals surface area (Å²) in [4.78, 5) is 0. The topological polar surface area (TPSA) is 60.7 Å². The first-order valence-electron chi connectivity index (χ1n) is 9.39. The van der Waals surface area contributed by atoms with Crippen molar-refractivity contribution >= 4 is 0 Å². The van der Waals surface area contributed by atoms with Gasteiger partial charge in [-0.25, -0.2) is 0 Å². The minimum Gasteiger partial charge on any atom is -0.393 e. The second-order valence-electron chi connectivity index (χ2n) is 9.40. The lowest BCUT2D eigenvalue weighted by molar-refractivity contribution is -0.221. The van der Waals surface area contributed by atoms with Crippen molar-refractivity contribution in [2.24, 2.45) is 28.6 Å². The average molecular weight is 308 g/mol. The second-order valence-corrected chi connectivity index (χ2v) is 9.40. The van der Waals surface area contributed by atoms with Crippen LogP contribution in [0.5, 0.6) is 0 Å². The zero-order valence-electron chi connectivity index (χ0n) is 14.1. The number of hydrogen-bond acceptors (Lipinski definition) is 3. The normalized spacial score (nSPS) is 61.2. The van der Waals surface area contributed by atoms with Crippen molar-refractivity contribution in [2.45, 2.75) is 89.4 Å². The van der Waals surface area contributed by atoms with Crippen LogP contribution < -0.4 is 0 Å². The molecule has 3 heteroatoms. The Hall–Kier alpha value is -0.120. The highest BCUT2D eigenvalue weighted by Gasteiger charge is 2.64. The molecule has 0 unspecified atom stereocenters. The van der Waals surface area contributed by atoms with Crippen molar-refractivity contribution in [3.8, 4) is 0 Å². The monoisotopic (exact) mass is 308 g/mol. The van der Waals surface area contributed by atoms with Crippen LogP contribution >= 0.6 is 0 Å². The van der Waals surface area contributed by atoms with Crippen LogP contribution in [0.2, 0.25) is 0 Å². The van der Waals surface area contributed by atoms with Crippen LogP contribution in [0.4, 0.5) is 0 Å². The SMILES string of the molecule is C[C@]12CC[C@H]3[C@@H](CC[C@]4(O)C[C@@H](O)CC[C@]34C)[C@@H]1CC[C@@H]2O. The first-order valence-corrected chi connectivity index (χ1v) is 9.39. The Morgan fingerprint density at radius 2 is 1.59 bits per heavy atom. The number of hydrogen-bond donors (Lipinski definition) is 3. The maximum absolute atomic E-state index is 11.3. The molecule has 4 fully saturated rings. The number of aliphatic hydroxyl groups is 3. The molecule has 0 bridgehead atoms. The zero-order valence-corrected chi connectivity index (χ0v) is 14.1. The molecule has 3 nitrogen and oxygen atoms in total. The zero-order chi connectivity index (χ0) is 15.8. The lowest BCUT2D eigenvalue weighted by Crippen LogP contribution is -2.63. The molecule has 0 aromatic rings. The third kappa shape index (κ3) is 1.79. The third-order valence-corrected chi connectivity index (χ3v) is 8.73. The summed E-state index contributed by atoms with van der Waals surface area (Å²) in [6, 6.07) is 0. The van der Waals surface area contributed by atoms with Gasteiger partial charge in [-0.15, -0.1) is 0 Å². The van der Waals surface area contributed by atoms with Gasteiger partial charge in [0.2, 0.25) is 0 Å². The minimum atomic E-state index is -0.670. The molecule has 3 N–H and O–H groups in total. The summed E-state index contributed by atoms with van der Waals surface area (Å²) in [5.74, 6) is 1.87. The van der Waals surface area contributed by atoms with Gasteiger partial charge in [-0.1, -0.05) is 13.8 Å². The predicted octanol–water partition coefficient (Wildman–Crippen LogP) is 2.87. The Morgan fingerprint density at radius 3 is 2.36 bits per heavy atom. The minimum absolute atomic E-state index is 0.0377. The van der Waals surface area contributed by atoms with E-state index >= 15 is 0 Å². The second kappa shape index (κ2) is 4.70. The highest BCUT2D eigenvalue weighted by molar-refractivity contribution is 5.14. The quantitative estimate of drug-likeness (QED) is 0.645. The summed E-state index contributed by atoms with van der Waals surface area (Å²) >= 11 is 0. The molecule has 0 heterocycles. The van der Waals surface area contributed by atoms with Crippen LogP contribution in [-0.4, -0.2) is 33.1 Å². The molecule has 0 amide bonds. The van der Waals surface area contributed by atoms with Crippen molar-refractivity contribution in [1.82, 2.24) is 0 Å². The van der Waals surface area contributed by atoms with Gasteiger partial charge >= 0.3 is 0 Å². The van der Waals surface area contributed by atoms with Gasteiger partial charge in [-0.05, 0) is 80.0 Å². The lowest BCUT2D eigenvalue weighted by atomic mass is 9.43. The summed E-state index contributed by atoms with van der Waals surface area (Å²) in [5.41, 5.74) is -0.595. The highest BCUT2D eigenvalue weighted by atomic mass is 16.3. The van der Waals surface area contributed by atoms with Crippen LogP contribution in [0.3, 0.4) is 0 Å². The van der Waals surface area contributed by atoms with Crippen molar-refractivity contribution < 1.29 is 15.3 Å². The number of rotatable bonds is 0. The molecule has 0 spiro atoms. The smallest absolute Gasteiger partial charge is 0.0728 e. The molecule has 0 aromatic carbocycles. The van der Waals surface area contributed by atoms with E-state index in [1.54, 1.807) is 0 Å². The van der Waals surface area contributed by atoms with Crippen LogP contribution in [-0.2, 0) is 0 Å². The maximum Gasteiger partial charge on any atom is 0.0728 e. The lowest BCUT2D eigenvalue weighted by Gasteiger charge is -2.63. The first-order chi connectivity index (χ1) is 10.3. The van der Waals surface area contributed by atoms with Gasteiger partial charge in [-0.3, -0.25) is 0 Å². The van der Waals surface area contributed by atoms with Gasteiger partial charge in [0.15, 0.2) is 0 Å². The summed E-state index contributed by atoms with van der Waals surface area (Å²) in [5, 5.41) is 31.8. The van der Waals surface area contributed by atoms with E-state index in [4.69, 9.17) is 0 Å². The first kappa shape index (κ1) is 15.4. The van der Waals surface area contributed by atoms with Crippen LogP contribution in [0.25, 0.3) is 0 Å². The molecular formula is C19H32O3. The molecule has 22 heavy (non-hydrogen) atoms. The molecule has 8 atom stereocenters. The van der Waals surface area contributed by atoms with Gasteiger partial charge in [0, 0.05) is 6.42 Å². The summed E-state index contributed by atoms with van der Waals surface area (Å²) in [7, 11) is 0. The molecule has 126 valence electrons. The standard InChI is InChI=1S/C19H32O3/c1-17-8-7-15-13(14(17)3-4-16(17)21)6-10-19(22)11-12(20)5-9-18(15,19)2/h12-16,20-22H,3-11H2,1-2H3/t12-,13-,14-,15-,16-,17-,18+,19-/m0/s1. The largest absolute Gasteiger partial charge is 0.393 e. The van der Waals surface area contributed by atoms with Crippen LogP contribution in [0.15, 0.2) is 0 Å². The van der Waals surface area contributed by atoms with Gasteiger partial charge in [0.1, 0.15) is 0 Å². The van der Waals surface area contributed by atoms with Crippen LogP contribution in [0.1, 0.15) is 71.6 Å². The van der Waals surface area contributed by atoms with Gasteiger partial charge in [-0.2, -0.15) is 0 Å². The molecule has 4 aliphatic rings. The Labute approximate surface area is 134 Å². The molecular weight excluding hydrogens is 276 g/mol. The van der Waals surface area contributed by atoms with Gasteiger partial charge in [0.25, 0.3) is 0 Å². The summed E-state index contributed by atoms with van der Waals surface area (Å²) < 4.78 is 0. The van der Waals surface area contributed by atoms with Crippen molar-refractivity contribution in [3.05, 3.63) is 0 Å². The van der Waals surface area contributed by atoms with E-state index in [1.807, 2.05) is 0 Å².